The predicted molar refractivity (Wildman–Crippen MR) is 108 cm³/mol. The first-order valence-electron chi connectivity index (χ1n) is 8.89. The summed E-state index contributed by atoms with van der Waals surface area (Å²) in [4.78, 5) is 31.1. The standard InChI is InChI=1S/C21H18FN3O2S/c1-13-23-19(12-28-13)17-7-2-3-8-18(17)24-21(27)14-9-20(26)25(11-14)16-6-4-5-15(22)10-16/h2-8,10,12,14H,9,11H2,1H3,(H,24,27)/t14-/m0/s1. The SMILES string of the molecule is Cc1nc(-c2ccccc2NC(=O)[C@H]2CC(=O)N(c3cccc(F)c3)C2)cs1. The third-order valence-electron chi connectivity index (χ3n) is 4.70. The first-order chi connectivity index (χ1) is 13.5. The maximum atomic E-state index is 13.5. The summed E-state index contributed by atoms with van der Waals surface area (Å²) in [5.74, 6) is -1.33. The molecule has 2 aromatic carbocycles. The molecule has 0 spiro atoms. The van der Waals surface area contributed by atoms with Crippen LogP contribution in [-0.4, -0.2) is 23.3 Å². The zero-order valence-corrected chi connectivity index (χ0v) is 16.0. The Morgan fingerprint density at radius 2 is 2.07 bits per heavy atom. The van der Waals surface area contributed by atoms with E-state index >= 15 is 0 Å². The van der Waals surface area contributed by atoms with Crippen LogP contribution in [0.1, 0.15) is 11.4 Å². The molecule has 0 saturated carbocycles. The number of para-hydroxylation sites is 1. The summed E-state index contributed by atoms with van der Waals surface area (Å²) in [7, 11) is 0. The molecule has 28 heavy (non-hydrogen) atoms. The average molecular weight is 395 g/mol. The van der Waals surface area contributed by atoms with Gasteiger partial charge in [0.1, 0.15) is 5.82 Å². The molecule has 7 heteroatoms. The van der Waals surface area contributed by atoms with Crippen LogP contribution in [0.2, 0.25) is 0 Å². The second-order valence-corrected chi connectivity index (χ2v) is 7.73. The largest absolute Gasteiger partial charge is 0.325 e. The number of amides is 2. The van der Waals surface area contributed by atoms with Crippen LogP contribution in [0.25, 0.3) is 11.3 Å². The molecule has 1 fully saturated rings. The summed E-state index contributed by atoms with van der Waals surface area (Å²) in [6.07, 6.45) is 0.0975. The van der Waals surface area contributed by atoms with Crippen LogP contribution < -0.4 is 10.2 Å². The van der Waals surface area contributed by atoms with Crippen molar-refractivity contribution in [3.63, 3.8) is 0 Å². The third kappa shape index (κ3) is 3.66. The van der Waals surface area contributed by atoms with Crippen LogP contribution in [0.3, 0.4) is 0 Å². The Hall–Kier alpha value is -3.06. The number of nitrogens with one attached hydrogen (secondary N) is 1. The Balaban J connectivity index is 1.52. The van der Waals surface area contributed by atoms with Crippen LogP contribution in [-0.2, 0) is 9.59 Å². The molecule has 3 aromatic rings. The maximum Gasteiger partial charge on any atom is 0.229 e. The number of halogens is 1. The van der Waals surface area contributed by atoms with Crippen molar-refractivity contribution < 1.29 is 14.0 Å². The smallest absolute Gasteiger partial charge is 0.229 e. The summed E-state index contributed by atoms with van der Waals surface area (Å²) >= 11 is 1.55. The summed E-state index contributed by atoms with van der Waals surface area (Å²) in [6.45, 7) is 2.16. The number of carbonyl (C=O) groups excluding carboxylic acids is 2. The molecule has 1 N–H and O–H groups in total. The van der Waals surface area contributed by atoms with Gasteiger partial charge in [0, 0.05) is 29.6 Å². The van der Waals surface area contributed by atoms with E-state index in [1.807, 2.05) is 36.6 Å². The summed E-state index contributed by atoms with van der Waals surface area (Å²) in [5, 5.41) is 5.83. The van der Waals surface area contributed by atoms with E-state index in [1.54, 1.807) is 23.5 Å². The minimum atomic E-state index is -0.499. The van der Waals surface area contributed by atoms with Gasteiger partial charge in [0.05, 0.1) is 22.3 Å². The van der Waals surface area contributed by atoms with Crippen molar-refractivity contribution in [2.75, 3.05) is 16.8 Å². The number of thiazole rings is 1. The average Bonchev–Trinajstić information content (AvgIpc) is 3.28. The van der Waals surface area contributed by atoms with Gasteiger partial charge >= 0.3 is 0 Å². The first kappa shape index (κ1) is 18.3. The Labute approximate surface area is 165 Å². The molecule has 4 rings (SSSR count). The Morgan fingerprint density at radius 1 is 1.25 bits per heavy atom. The van der Waals surface area contributed by atoms with Crippen LogP contribution >= 0.6 is 11.3 Å². The predicted octanol–water partition coefficient (Wildman–Crippen LogP) is 4.25. The van der Waals surface area contributed by atoms with Crippen molar-refractivity contribution in [2.24, 2.45) is 5.92 Å². The number of aryl methyl sites for hydroxylation is 1. The van der Waals surface area contributed by atoms with Crippen molar-refractivity contribution in [3.05, 3.63) is 64.7 Å². The molecule has 142 valence electrons. The summed E-state index contributed by atoms with van der Waals surface area (Å²) in [5.41, 5.74) is 2.78. The molecule has 1 aromatic heterocycles. The topological polar surface area (TPSA) is 62.3 Å². The molecule has 5 nitrogen and oxygen atoms in total. The van der Waals surface area contributed by atoms with Crippen molar-refractivity contribution in [2.45, 2.75) is 13.3 Å². The third-order valence-corrected chi connectivity index (χ3v) is 5.47. The quantitative estimate of drug-likeness (QED) is 0.718. The zero-order valence-electron chi connectivity index (χ0n) is 15.2. The molecule has 1 aliphatic heterocycles. The Kier molecular flexibility index (Phi) is 4.92. The fourth-order valence-electron chi connectivity index (χ4n) is 3.31. The molecular formula is C21H18FN3O2S. The monoisotopic (exact) mass is 395 g/mol. The lowest BCUT2D eigenvalue weighted by molar-refractivity contribution is -0.122. The number of hydrogen-bond acceptors (Lipinski definition) is 4. The van der Waals surface area contributed by atoms with E-state index in [4.69, 9.17) is 0 Å². The van der Waals surface area contributed by atoms with E-state index < -0.39 is 11.7 Å². The second kappa shape index (κ2) is 7.52. The highest BCUT2D eigenvalue weighted by atomic mass is 32.1. The van der Waals surface area contributed by atoms with E-state index in [9.17, 15) is 14.0 Å². The molecule has 2 amide bonds. The molecular weight excluding hydrogens is 377 g/mol. The van der Waals surface area contributed by atoms with Crippen LogP contribution in [0.5, 0.6) is 0 Å². The molecule has 1 saturated heterocycles. The van der Waals surface area contributed by atoms with Gasteiger partial charge < -0.3 is 10.2 Å². The van der Waals surface area contributed by atoms with Gasteiger partial charge in [0.15, 0.2) is 0 Å². The van der Waals surface area contributed by atoms with Gasteiger partial charge in [0.2, 0.25) is 11.8 Å². The number of benzene rings is 2. The fraction of sp³-hybridized carbons (Fsp3) is 0.190. The number of nitrogens with zero attached hydrogens (tertiary/aromatic N) is 2. The lowest BCUT2D eigenvalue weighted by Crippen LogP contribution is -2.28. The number of hydrogen-bond donors (Lipinski definition) is 1. The Bertz CT molecular complexity index is 1050. The van der Waals surface area contributed by atoms with Crippen LogP contribution in [0.4, 0.5) is 15.8 Å². The summed E-state index contributed by atoms with van der Waals surface area (Å²) < 4.78 is 13.5. The number of rotatable bonds is 4. The number of aromatic nitrogens is 1. The van der Waals surface area contributed by atoms with Crippen molar-refractivity contribution in [1.82, 2.24) is 4.98 Å². The number of anilines is 2. The van der Waals surface area contributed by atoms with E-state index in [2.05, 4.69) is 10.3 Å². The van der Waals surface area contributed by atoms with Gasteiger partial charge in [-0.2, -0.15) is 0 Å². The highest BCUT2D eigenvalue weighted by Crippen LogP contribution is 2.31. The van der Waals surface area contributed by atoms with Crippen molar-refractivity contribution in [1.29, 1.82) is 0 Å². The van der Waals surface area contributed by atoms with E-state index in [0.717, 1.165) is 16.3 Å². The Morgan fingerprint density at radius 3 is 2.82 bits per heavy atom. The minimum absolute atomic E-state index is 0.0975. The first-order valence-corrected chi connectivity index (χ1v) is 9.77. The minimum Gasteiger partial charge on any atom is -0.325 e. The lowest BCUT2D eigenvalue weighted by atomic mass is 10.1. The van der Waals surface area contributed by atoms with Gasteiger partial charge in [-0.25, -0.2) is 9.37 Å². The van der Waals surface area contributed by atoms with Crippen molar-refractivity contribution in [3.8, 4) is 11.3 Å². The molecule has 0 bridgehead atoms. The van der Waals surface area contributed by atoms with Crippen molar-refractivity contribution >= 4 is 34.5 Å². The van der Waals surface area contributed by atoms with Crippen LogP contribution in [0, 0.1) is 18.7 Å². The second-order valence-electron chi connectivity index (χ2n) is 6.67. The van der Waals surface area contributed by atoms with Crippen LogP contribution in [0.15, 0.2) is 53.9 Å². The molecule has 0 unspecified atom stereocenters. The molecule has 0 radical (unpaired) electrons. The molecule has 2 heterocycles. The highest BCUT2D eigenvalue weighted by molar-refractivity contribution is 7.09. The van der Waals surface area contributed by atoms with Gasteiger partial charge in [-0.05, 0) is 31.2 Å². The molecule has 1 aliphatic rings. The zero-order chi connectivity index (χ0) is 19.7. The van der Waals surface area contributed by atoms with Gasteiger partial charge in [-0.15, -0.1) is 11.3 Å². The fourth-order valence-corrected chi connectivity index (χ4v) is 3.93. The van der Waals surface area contributed by atoms with E-state index in [-0.39, 0.29) is 24.8 Å². The molecule has 0 aliphatic carbocycles. The summed E-state index contributed by atoms with van der Waals surface area (Å²) in [6, 6.07) is 13.3. The van der Waals surface area contributed by atoms with Gasteiger partial charge in [0.25, 0.3) is 0 Å². The van der Waals surface area contributed by atoms with E-state index in [0.29, 0.717) is 11.4 Å². The lowest BCUT2D eigenvalue weighted by Gasteiger charge is -2.17. The highest BCUT2D eigenvalue weighted by Gasteiger charge is 2.35. The molecule has 1 atom stereocenters. The maximum absolute atomic E-state index is 13.5. The number of carbonyl (C=O) groups is 2. The normalized spacial score (nSPS) is 16.4. The van der Waals surface area contributed by atoms with Gasteiger partial charge in [-0.3, -0.25) is 9.59 Å². The van der Waals surface area contributed by atoms with Gasteiger partial charge in [-0.1, -0.05) is 24.3 Å². The van der Waals surface area contributed by atoms with E-state index in [1.165, 1.54) is 17.0 Å².